The van der Waals surface area contributed by atoms with Crippen LogP contribution in [0.3, 0.4) is 0 Å². The van der Waals surface area contributed by atoms with Crippen molar-refractivity contribution in [2.24, 2.45) is 11.8 Å². The van der Waals surface area contributed by atoms with Gasteiger partial charge in [-0.2, -0.15) is 0 Å². The van der Waals surface area contributed by atoms with E-state index in [1.165, 1.54) is 7.11 Å². The highest BCUT2D eigenvalue weighted by atomic mass is 16.5. The summed E-state index contributed by atoms with van der Waals surface area (Å²) < 4.78 is 4.72. The van der Waals surface area contributed by atoms with Crippen molar-refractivity contribution in [3.8, 4) is 34.9 Å². The van der Waals surface area contributed by atoms with E-state index in [2.05, 4.69) is 60.3 Å². The Hall–Kier alpha value is -6.28. The number of nitrogens with one attached hydrogen (secondary N) is 4. The van der Waals surface area contributed by atoms with Crippen molar-refractivity contribution >= 4 is 34.8 Å². The predicted molar refractivity (Wildman–Crippen MR) is 205 cm³/mol. The lowest BCUT2D eigenvalue weighted by atomic mass is 10.0. The standard InChI is InChI=1S/C41H46N8O6/c1-24(2)34(46-40(52)53)38(50)49-19-9-13-33(49)37-43-23-31(45-37)29-17-16-27-20-26(14-15-28(27)21-29)10-6-7-11-30-22-42-36(44-30)32-12-8-18-48(32)39(51)35(25(3)4)47-41(54)55-5/h14-17,20-25,32-35,46H,8-9,12-13,18-19H2,1-5H3,(H,42,44)(H,43,45)(H,47,54)(H,52,53)/t32-,33-,34-,35-/m0/s1. The number of imidazole rings is 2. The lowest BCUT2D eigenvalue weighted by molar-refractivity contribution is -0.136. The van der Waals surface area contributed by atoms with Crippen molar-refractivity contribution in [3.63, 3.8) is 0 Å². The van der Waals surface area contributed by atoms with Crippen LogP contribution in [0.25, 0.3) is 22.0 Å². The molecule has 4 amide bonds. The lowest BCUT2D eigenvalue weighted by Crippen LogP contribution is -2.51. The van der Waals surface area contributed by atoms with Gasteiger partial charge < -0.3 is 40.2 Å². The molecule has 0 spiro atoms. The molecule has 55 heavy (non-hydrogen) atoms. The Bertz CT molecular complexity index is 2200. The zero-order valence-electron chi connectivity index (χ0n) is 31.6. The van der Waals surface area contributed by atoms with Crippen LogP contribution in [0.2, 0.25) is 0 Å². The highest BCUT2D eigenvalue weighted by Crippen LogP contribution is 2.34. The Morgan fingerprint density at radius 2 is 1.38 bits per heavy atom. The molecule has 4 atom stereocenters. The number of carbonyl (C=O) groups is 4. The fraction of sp³-hybridized carbons (Fsp3) is 0.415. The molecule has 2 aliphatic heterocycles. The number of ether oxygens (including phenoxy) is 1. The van der Waals surface area contributed by atoms with Gasteiger partial charge in [0.15, 0.2) is 0 Å². The molecule has 0 radical (unpaired) electrons. The van der Waals surface area contributed by atoms with Crippen LogP contribution < -0.4 is 10.6 Å². The number of carbonyl (C=O) groups excluding carboxylic acids is 3. The maximum Gasteiger partial charge on any atom is 0.407 e. The summed E-state index contributed by atoms with van der Waals surface area (Å²) in [5.41, 5.74) is 3.17. The molecule has 2 saturated heterocycles. The quantitative estimate of drug-likeness (QED) is 0.142. The number of carboxylic acid groups (broad SMARTS) is 1. The summed E-state index contributed by atoms with van der Waals surface area (Å²) in [7, 11) is 1.27. The van der Waals surface area contributed by atoms with Crippen LogP contribution in [0, 0.1) is 35.5 Å². The zero-order valence-corrected chi connectivity index (χ0v) is 31.6. The molecule has 14 heteroatoms. The average Bonchev–Trinajstić information content (AvgIpc) is 4.00. The van der Waals surface area contributed by atoms with Gasteiger partial charge in [-0.05, 0) is 84.3 Å². The van der Waals surface area contributed by atoms with Crippen LogP contribution in [0.4, 0.5) is 9.59 Å². The van der Waals surface area contributed by atoms with E-state index in [9.17, 15) is 24.3 Å². The predicted octanol–water partition coefficient (Wildman–Crippen LogP) is 5.36. The first kappa shape index (κ1) is 38.4. The Morgan fingerprint density at radius 1 is 0.800 bits per heavy atom. The van der Waals surface area contributed by atoms with Gasteiger partial charge in [0.1, 0.15) is 29.4 Å². The number of nitrogens with zero attached hydrogens (tertiary/aromatic N) is 4. The molecular formula is C41H46N8O6. The number of hydrogen-bond donors (Lipinski definition) is 5. The van der Waals surface area contributed by atoms with Crippen LogP contribution in [-0.2, 0) is 14.3 Å². The lowest BCUT2D eigenvalue weighted by Gasteiger charge is -2.29. The molecule has 14 nitrogen and oxygen atoms in total. The summed E-state index contributed by atoms with van der Waals surface area (Å²) in [6.45, 7) is 8.52. The van der Waals surface area contributed by atoms with E-state index in [1.807, 2.05) is 58.0 Å². The van der Waals surface area contributed by atoms with Crippen molar-refractivity contribution in [2.45, 2.75) is 77.5 Å². The Labute approximate surface area is 319 Å². The molecule has 2 aromatic carbocycles. The van der Waals surface area contributed by atoms with Crippen LogP contribution in [0.15, 0.2) is 48.8 Å². The SMILES string of the molecule is COC(=O)N[C@H](C(=O)N1CCC[C@H]1c1ncc(C#CC#Cc2ccc3cc(-c4cnc([C@@H]5CCCN5C(=O)[C@@H](NC(=O)O)C(C)C)[nH]4)ccc3c2)[nH]1)C(C)C. The van der Waals surface area contributed by atoms with E-state index in [0.717, 1.165) is 53.3 Å². The van der Waals surface area contributed by atoms with Gasteiger partial charge in [-0.25, -0.2) is 19.6 Å². The van der Waals surface area contributed by atoms with Crippen LogP contribution in [-0.4, -0.2) is 91.1 Å². The first-order chi connectivity index (χ1) is 26.4. The summed E-state index contributed by atoms with van der Waals surface area (Å²) in [4.78, 5) is 69.2. The van der Waals surface area contributed by atoms with E-state index in [1.54, 1.807) is 22.2 Å². The minimum atomic E-state index is -1.22. The number of aromatic amines is 2. The summed E-state index contributed by atoms with van der Waals surface area (Å²) in [6, 6.07) is 10.0. The van der Waals surface area contributed by atoms with Crippen LogP contribution in [0.1, 0.15) is 88.4 Å². The van der Waals surface area contributed by atoms with Gasteiger partial charge in [0.25, 0.3) is 0 Å². The maximum atomic E-state index is 13.4. The molecule has 0 unspecified atom stereocenters. The third-order valence-corrected chi connectivity index (χ3v) is 10.1. The Kier molecular flexibility index (Phi) is 11.7. The van der Waals surface area contributed by atoms with Gasteiger partial charge in [-0.15, -0.1) is 0 Å². The summed E-state index contributed by atoms with van der Waals surface area (Å²) in [5.74, 6) is 12.5. The van der Waals surface area contributed by atoms with Crippen LogP contribution in [0.5, 0.6) is 0 Å². The zero-order chi connectivity index (χ0) is 39.2. The maximum absolute atomic E-state index is 13.4. The first-order valence-corrected chi connectivity index (χ1v) is 18.5. The van der Waals surface area contributed by atoms with Gasteiger partial charge >= 0.3 is 12.2 Å². The third-order valence-electron chi connectivity index (χ3n) is 10.1. The molecule has 0 saturated carbocycles. The van der Waals surface area contributed by atoms with Gasteiger partial charge in [-0.3, -0.25) is 9.59 Å². The van der Waals surface area contributed by atoms with Gasteiger partial charge in [0.05, 0.1) is 37.3 Å². The van der Waals surface area contributed by atoms with Crippen molar-refractivity contribution < 1.29 is 29.0 Å². The van der Waals surface area contributed by atoms with E-state index in [4.69, 9.17) is 4.74 Å². The highest BCUT2D eigenvalue weighted by molar-refractivity contribution is 5.89. The molecule has 4 aromatic rings. The average molecular weight is 747 g/mol. The van der Waals surface area contributed by atoms with Gasteiger partial charge in [0.2, 0.25) is 11.8 Å². The summed E-state index contributed by atoms with van der Waals surface area (Å²) in [6.07, 6.45) is 4.67. The number of fused-ring (bicyclic) bond motifs is 1. The topological polar surface area (TPSA) is 186 Å². The molecule has 4 heterocycles. The number of benzene rings is 2. The number of amides is 4. The number of H-pyrrole nitrogens is 2. The van der Waals surface area contributed by atoms with Crippen molar-refractivity contribution in [1.29, 1.82) is 0 Å². The van der Waals surface area contributed by atoms with Crippen molar-refractivity contribution in [2.75, 3.05) is 20.2 Å². The largest absolute Gasteiger partial charge is 0.465 e. The van der Waals surface area contributed by atoms with Crippen molar-refractivity contribution in [3.05, 3.63) is 71.7 Å². The highest BCUT2D eigenvalue weighted by Gasteiger charge is 2.38. The monoisotopic (exact) mass is 746 g/mol. The molecule has 0 bridgehead atoms. The molecular weight excluding hydrogens is 701 g/mol. The Balaban J connectivity index is 1.10. The minimum Gasteiger partial charge on any atom is -0.465 e. The Morgan fingerprint density at radius 3 is 2.02 bits per heavy atom. The van der Waals surface area contributed by atoms with Crippen LogP contribution >= 0.6 is 0 Å². The molecule has 0 aliphatic carbocycles. The number of alkyl carbamates (subject to hydrolysis) is 1. The smallest absolute Gasteiger partial charge is 0.407 e. The van der Waals surface area contributed by atoms with E-state index >= 15 is 0 Å². The second-order valence-corrected chi connectivity index (χ2v) is 14.5. The second kappa shape index (κ2) is 16.8. The number of hydrogen-bond acceptors (Lipinski definition) is 7. The fourth-order valence-electron chi connectivity index (χ4n) is 7.25. The fourth-order valence-corrected chi connectivity index (χ4v) is 7.25. The number of rotatable bonds is 9. The van der Waals surface area contributed by atoms with E-state index < -0.39 is 24.3 Å². The number of aromatic nitrogens is 4. The molecule has 2 aliphatic rings. The molecule has 2 fully saturated rings. The van der Waals surface area contributed by atoms with Crippen molar-refractivity contribution in [1.82, 2.24) is 40.4 Å². The normalized spacial score (nSPS) is 17.7. The second-order valence-electron chi connectivity index (χ2n) is 14.5. The van der Waals surface area contributed by atoms with Gasteiger partial charge in [-0.1, -0.05) is 51.8 Å². The van der Waals surface area contributed by atoms with E-state index in [0.29, 0.717) is 30.4 Å². The summed E-state index contributed by atoms with van der Waals surface area (Å²) >= 11 is 0. The number of methoxy groups -OCH3 is 1. The molecule has 5 N–H and O–H groups in total. The molecule has 286 valence electrons. The van der Waals surface area contributed by atoms with E-state index in [-0.39, 0.29) is 35.7 Å². The molecule has 6 rings (SSSR count). The summed E-state index contributed by atoms with van der Waals surface area (Å²) in [5, 5.41) is 16.3. The number of likely N-dealkylation sites (tertiary alicyclic amines) is 2. The minimum absolute atomic E-state index is 0.119. The first-order valence-electron chi connectivity index (χ1n) is 18.5. The third kappa shape index (κ3) is 8.76. The molecule has 2 aromatic heterocycles. The van der Waals surface area contributed by atoms with Gasteiger partial charge in [0, 0.05) is 24.2 Å².